The molecule has 0 radical (unpaired) electrons. The summed E-state index contributed by atoms with van der Waals surface area (Å²) in [7, 11) is 0. The van der Waals surface area contributed by atoms with Crippen LogP contribution >= 0.6 is 11.6 Å². The smallest absolute Gasteiger partial charge is 0.225 e. The normalized spacial score (nSPS) is 20.0. The molecule has 0 saturated carbocycles. The molecule has 2 nitrogen and oxygen atoms in total. The van der Waals surface area contributed by atoms with Crippen LogP contribution in [0, 0.1) is 5.92 Å². The van der Waals surface area contributed by atoms with Gasteiger partial charge in [0, 0.05) is 17.5 Å². The summed E-state index contributed by atoms with van der Waals surface area (Å²) in [5.74, 6) is 0.283. The predicted octanol–water partition coefficient (Wildman–Crippen LogP) is 3.66. The minimum Gasteiger partial charge on any atom is -0.335 e. The molecule has 1 amide bonds. The van der Waals surface area contributed by atoms with Crippen LogP contribution in [0.5, 0.6) is 0 Å². The molecule has 1 atom stereocenters. The third-order valence-corrected chi connectivity index (χ3v) is 3.64. The number of likely N-dealkylation sites (tertiary alicyclic amines) is 1. The third kappa shape index (κ3) is 2.47. The Balaban J connectivity index is 2.26. The number of benzene rings is 1. The Labute approximate surface area is 108 Å². The highest BCUT2D eigenvalue weighted by Gasteiger charge is 2.31. The lowest BCUT2D eigenvalue weighted by Gasteiger charge is -2.27. The Morgan fingerprint density at radius 3 is 2.76 bits per heavy atom. The first kappa shape index (κ1) is 12.4. The second-order valence-electron chi connectivity index (χ2n) is 4.87. The van der Waals surface area contributed by atoms with Crippen molar-refractivity contribution in [1.82, 2.24) is 4.90 Å². The number of hydrogen-bond donors (Lipinski definition) is 0. The van der Waals surface area contributed by atoms with E-state index in [1.807, 2.05) is 43.0 Å². The molecule has 1 saturated heterocycles. The molecule has 0 aromatic heterocycles. The van der Waals surface area contributed by atoms with Crippen LogP contribution in [0.15, 0.2) is 24.3 Å². The maximum absolute atomic E-state index is 12.1. The van der Waals surface area contributed by atoms with E-state index in [2.05, 4.69) is 0 Å². The molecule has 3 heteroatoms. The fourth-order valence-electron chi connectivity index (χ4n) is 2.43. The van der Waals surface area contributed by atoms with Gasteiger partial charge in [-0.15, -0.1) is 0 Å². The van der Waals surface area contributed by atoms with Gasteiger partial charge in [-0.1, -0.05) is 43.6 Å². The molecule has 1 aromatic carbocycles. The van der Waals surface area contributed by atoms with Crippen LogP contribution in [0.4, 0.5) is 0 Å². The zero-order valence-corrected chi connectivity index (χ0v) is 11.1. The van der Waals surface area contributed by atoms with E-state index in [-0.39, 0.29) is 17.9 Å². The Bertz CT molecular complexity index is 416. The molecule has 17 heavy (non-hydrogen) atoms. The lowest BCUT2D eigenvalue weighted by atomic mass is 10.0. The standard InChI is InChI=1S/C14H18ClNO/c1-10(2)14(17)16-9-5-8-13(16)11-6-3-4-7-12(11)15/h3-4,6-7,10,13H,5,8-9H2,1-2H3. The van der Waals surface area contributed by atoms with Crippen LogP contribution in [0.1, 0.15) is 38.3 Å². The molecule has 0 bridgehead atoms. The van der Waals surface area contributed by atoms with Crippen molar-refractivity contribution in [2.45, 2.75) is 32.7 Å². The van der Waals surface area contributed by atoms with Gasteiger partial charge in [0.05, 0.1) is 6.04 Å². The van der Waals surface area contributed by atoms with Crippen LogP contribution in [0.25, 0.3) is 0 Å². The van der Waals surface area contributed by atoms with E-state index in [4.69, 9.17) is 11.6 Å². The molecule has 0 N–H and O–H groups in total. The molecule has 92 valence electrons. The number of nitrogens with zero attached hydrogens (tertiary/aromatic N) is 1. The van der Waals surface area contributed by atoms with E-state index in [0.717, 1.165) is 30.0 Å². The van der Waals surface area contributed by atoms with Crippen LogP contribution < -0.4 is 0 Å². The lowest BCUT2D eigenvalue weighted by molar-refractivity contribution is -0.135. The summed E-state index contributed by atoms with van der Waals surface area (Å²) in [5, 5.41) is 0.765. The summed E-state index contributed by atoms with van der Waals surface area (Å²) < 4.78 is 0. The number of carbonyl (C=O) groups excluding carboxylic acids is 1. The Hall–Kier alpha value is -1.02. The van der Waals surface area contributed by atoms with E-state index in [0.29, 0.717) is 0 Å². The molecule has 1 aromatic rings. The van der Waals surface area contributed by atoms with Gasteiger partial charge in [0.25, 0.3) is 0 Å². The van der Waals surface area contributed by atoms with Gasteiger partial charge in [0.15, 0.2) is 0 Å². The highest BCUT2D eigenvalue weighted by atomic mass is 35.5. The average Bonchev–Trinajstić information content (AvgIpc) is 2.77. The minimum absolute atomic E-state index is 0.0538. The summed E-state index contributed by atoms with van der Waals surface area (Å²) in [6.07, 6.45) is 2.08. The molecule has 2 rings (SSSR count). The second kappa shape index (κ2) is 5.09. The van der Waals surface area contributed by atoms with Gasteiger partial charge in [-0.05, 0) is 24.5 Å². The largest absolute Gasteiger partial charge is 0.335 e. The first-order valence-corrected chi connectivity index (χ1v) is 6.54. The molecular formula is C14H18ClNO. The van der Waals surface area contributed by atoms with Gasteiger partial charge in [-0.3, -0.25) is 4.79 Å². The van der Waals surface area contributed by atoms with Crippen molar-refractivity contribution in [1.29, 1.82) is 0 Å². The van der Waals surface area contributed by atoms with Crippen LogP contribution in [0.3, 0.4) is 0 Å². The number of halogens is 1. The van der Waals surface area contributed by atoms with E-state index < -0.39 is 0 Å². The zero-order valence-electron chi connectivity index (χ0n) is 10.3. The minimum atomic E-state index is 0.0538. The van der Waals surface area contributed by atoms with Gasteiger partial charge >= 0.3 is 0 Å². The first-order valence-electron chi connectivity index (χ1n) is 6.16. The van der Waals surface area contributed by atoms with Crippen molar-refractivity contribution < 1.29 is 4.79 Å². The van der Waals surface area contributed by atoms with Crippen LogP contribution in [-0.2, 0) is 4.79 Å². The maximum atomic E-state index is 12.1. The SMILES string of the molecule is CC(C)C(=O)N1CCCC1c1ccccc1Cl. The molecule has 0 aliphatic carbocycles. The van der Waals surface area contributed by atoms with Crippen molar-refractivity contribution >= 4 is 17.5 Å². The number of amides is 1. The summed E-state index contributed by atoms with van der Waals surface area (Å²) in [4.78, 5) is 14.1. The molecule has 1 aliphatic rings. The van der Waals surface area contributed by atoms with Gasteiger partial charge in [0.2, 0.25) is 5.91 Å². The van der Waals surface area contributed by atoms with Crippen molar-refractivity contribution in [2.24, 2.45) is 5.92 Å². The highest BCUT2D eigenvalue weighted by molar-refractivity contribution is 6.31. The average molecular weight is 252 g/mol. The number of rotatable bonds is 2. The van der Waals surface area contributed by atoms with Crippen molar-refractivity contribution in [3.05, 3.63) is 34.9 Å². The fourth-order valence-corrected chi connectivity index (χ4v) is 2.69. The summed E-state index contributed by atoms with van der Waals surface area (Å²) in [5.41, 5.74) is 1.08. The molecular weight excluding hydrogens is 234 g/mol. The second-order valence-corrected chi connectivity index (χ2v) is 5.27. The summed E-state index contributed by atoms with van der Waals surface area (Å²) >= 11 is 6.22. The predicted molar refractivity (Wildman–Crippen MR) is 70.0 cm³/mol. The van der Waals surface area contributed by atoms with Gasteiger partial charge in [-0.25, -0.2) is 0 Å². The van der Waals surface area contributed by atoms with Gasteiger partial charge in [0.1, 0.15) is 0 Å². The molecule has 1 heterocycles. The van der Waals surface area contributed by atoms with E-state index in [1.54, 1.807) is 0 Å². The van der Waals surface area contributed by atoms with Crippen LogP contribution in [-0.4, -0.2) is 17.4 Å². The third-order valence-electron chi connectivity index (χ3n) is 3.29. The van der Waals surface area contributed by atoms with E-state index >= 15 is 0 Å². The summed E-state index contributed by atoms with van der Waals surface area (Å²) in [6, 6.07) is 8.00. The highest BCUT2D eigenvalue weighted by Crippen LogP contribution is 2.36. The maximum Gasteiger partial charge on any atom is 0.225 e. The zero-order chi connectivity index (χ0) is 12.4. The van der Waals surface area contributed by atoms with Crippen molar-refractivity contribution in [3.63, 3.8) is 0 Å². The van der Waals surface area contributed by atoms with Crippen molar-refractivity contribution in [2.75, 3.05) is 6.54 Å². The topological polar surface area (TPSA) is 20.3 Å². The molecule has 1 fully saturated rings. The molecule has 1 aliphatic heterocycles. The Morgan fingerprint density at radius 2 is 2.12 bits per heavy atom. The van der Waals surface area contributed by atoms with E-state index in [9.17, 15) is 4.79 Å². The van der Waals surface area contributed by atoms with Gasteiger partial charge < -0.3 is 4.90 Å². The monoisotopic (exact) mass is 251 g/mol. The van der Waals surface area contributed by atoms with Gasteiger partial charge in [-0.2, -0.15) is 0 Å². The van der Waals surface area contributed by atoms with Crippen LogP contribution in [0.2, 0.25) is 5.02 Å². The first-order chi connectivity index (χ1) is 8.11. The van der Waals surface area contributed by atoms with E-state index in [1.165, 1.54) is 0 Å². The Morgan fingerprint density at radius 1 is 1.41 bits per heavy atom. The number of carbonyl (C=O) groups is 1. The molecule has 0 spiro atoms. The van der Waals surface area contributed by atoms with Crippen molar-refractivity contribution in [3.8, 4) is 0 Å². The quantitative estimate of drug-likeness (QED) is 0.786. The fraction of sp³-hybridized carbons (Fsp3) is 0.500. The number of hydrogen-bond acceptors (Lipinski definition) is 1. The lowest BCUT2D eigenvalue weighted by Crippen LogP contribution is -2.33. The summed E-state index contributed by atoms with van der Waals surface area (Å²) in [6.45, 7) is 4.75. The molecule has 1 unspecified atom stereocenters. The Kier molecular flexibility index (Phi) is 3.72.